The Kier molecular flexibility index (Phi) is 3.69. The fraction of sp³-hybridized carbons (Fsp3) is 1.00. The zero-order chi connectivity index (χ0) is 8.27. The molecule has 0 saturated carbocycles. The van der Waals surface area contributed by atoms with E-state index in [9.17, 15) is 4.55 Å². The molecule has 0 aromatic carbocycles. The van der Waals surface area contributed by atoms with Gasteiger partial charge in [0.2, 0.25) is 0 Å². The van der Waals surface area contributed by atoms with Crippen molar-refractivity contribution in [3.05, 3.63) is 0 Å². The van der Waals surface area contributed by atoms with E-state index in [2.05, 4.69) is 0 Å². The Morgan fingerprint density at radius 1 is 1.36 bits per heavy atom. The van der Waals surface area contributed by atoms with Gasteiger partial charge in [-0.15, -0.1) is 0 Å². The maximum atomic E-state index is 10.9. The van der Waals surface area contributed by atoms with Crippen molar-refractivity contribution in [2.45, 2.75) is 38.9 Å². The lowest BCUT2D eigenvalue weighted by Crippen LogP contribution is -2.30. The molecule has 0 aromatic rings. The van der Waals surface area contributed by atoms with E-state index in [0.29, 0.717) is 12.2 Å². The van der Waals surface area contributed by atoms with Crippen molar-refractivity contribution < 1.29 is 9.29 Å². The van der Waals surface area contributed by atoms with Gasteiger partial charge in [0.1, 0.15) is 11.5 Å². The van der Waals surface area contributed by atoms with Crippen molar-refractivity contribution >= 4 is 11.2 Å². The molecule has 1 heterocycles. The molecule has 0 bridgehead atoms. The smallest absolute Gasteiger partial charge is 0.108 e. The highest BCUT2D eigenvalue weighted by atomic mass is 32.2. The van der Waals surface area contributed by atoms with Gasteiger partial charge in [-0.25, -0.2) is 0 Å². The van der Waals surface area contributed by atoms with Crippen LogP contribution in [0.1, 0.15) is 26.7 Å². The lowest BCUT2D eigenvalue weighted by molar-refractivity contribution is 0.00308. The molecule has 0 N–H and O–H groups in total. The van der Waals surface area contributed by atoms with Crippen LogP contribution in [0.3, 0.4) is 0 Å². The first-order valence-electron chi connectivity index (χ1n) is 4.19. The molecule has 0 aliphatic carbocycles. The SMILES string of the molecule is CC(C)OC1CC[S+]([O-])CC1. The number of rotatable bonds is 2. The monoisotopic (exact) mass is 176 g/mol. The summed E-state index contributed by atoms with van der Waals surface area (Å²) in [4.78, 5) is 0. The van der Waals surface area contributed by atoms with Crippen molar-refractivity contribution in [1.29, 1.82) is 0 Å². The molecular weight excluding hydrogens is 160 g/mol. The molecular formula is C8H16O2S. The number of ether oxygens (including phenoxy) is 1. The third kappa shape index (κ3) is 3.45. The lowest BCUT2D eigenvalue weighted by atomic mass is 10.2. The van der Waals surface area contributed by atoms with Crippen LogP contribution in [0.2, 0.25) is 0 Å². The molecule has 2 nitrogen and oxygen atoms in total. The summed E-state index contributed by atoms with van der Waals surface area (Å²) in [5.41, 5.74) is 0. The van der Waals surface area contributed by atoms with Gasteiger partial charge in [0.05, 0.1) is 12.2 Å². The predicted octanol–water partition coefficient (Wildman–Crippen LogP) is 1.32. The first kappa shape index (κ1) is 9.36. The van der Waals surface area contributed by atoms with Crippen LogP contribution in [0.5, 0.6) is 0 Å². The van der Waals surface area contributed by atoms with Crippen LogP contribution in [-0.4, -0.2) is 28.3 Å². The highest BCUT2D eigenvalue weighted by Gasteiger charge is 2.22. The Morgan fingerprint density at radius 2 is 1.91 bits per heavy atom. The van der Waals surface area contributed by atoms with Crippen molar-refractivity contribution in [2.75, 3.05) is 11.5 Å². The Balaban J connectivity index is 2.17. The van der Waals surface area contributed by atoms with Gasteiger partial charge in [0, 0.05) is 12.8 Å². The maximum absolute atomic E-state index is 10.9. The van der Waals surface area contributed by atoms with E-state index in [1.54, 1.807) is 0 Å². The van der Waals surface area contributed by atoms with Gasteiger partial charge in [-0.2, -0.15) is 0 Å². The zero-order valence-electron chi connectivity index (χ0n) is 7.21. The van der Waals surface area contributed by atoms with Crippen LogP contribution in [0.4, 0.5) is 0 Å². The third-order valence-electron chi connectivity index (χ3n) is 1.80. The molecule has 1 saturated heterocycles. The van der Waals surface area contributed by atoms with E-state index in [0.717, 1.165) is 24.3 Å². The molecule has 0 aromatic heterocycles. The van der Waals surface area contributed by atoms with Gasteiger partial charge >= 0.3 is 0 Å². The fourth-order valence-electron chi connectivity index (χ4n) is 1.29. The molecule has 3 heteroatoms. The molecule has 1 rings (SSSR count). The molecule has 1 aliphatic rings. The number of hydrogen-bond donors (Lipinski definition) is 0. The van der Waals surface area contributed by atoms with E-state index >= 15 is 0 Å². The van der Waals surface area contributed by atoms with Crippen LogP contribution in [0.25, 0.3) is 0 Å². The predicted molar refractivity (Wildman–Crippen MR) is 47.1 cm³/mol. The zero-order valence-corrected chi connectivity index (χ0v) is 8.02. The topological polar surface area (TPSA) is 32.3 Å². The molecule has 11 heavy (non-hydrogen) atoms. The maximum Gasteiger partial charge on any atom is 0.108 e. The van der Waals surface area contributed by atoms with Crippen LogP contribution in [0, 0.1) is 0 Å². The number of hydrogen-bond acceptors (Lipinski definition) is 2. The third-order valence-corrected chi connectivity index (χ3v) is 3.18. The lowest BCUT2D eigenvalue weighted by Gasteiger charge is -2.25. The van der Waals surface area contributed by atoms with E-state index in [-0.39, 0.29) is 0 Å². The van der Waals surface area contributed by atoms with Gasteiger partial charge in [-0.05, 0) is 13.8 Å². The van der Waals surface area contributed by atoms with Gasteiger partial charge in [-0.3, -0.25) is 0 Å². The standard InChI is InChI=1S/C8H16O2S/c1-7(2)10-8-3-5-11(9)6-4-8/h7-8H,3-6H2,1-2H3. The largest absolute Gasteiger partial charge is 0.616 e. The fourth-order valence-corrected chi connectivity index (χ4v) is 2.55. The quantitative estimate of drug-likeness (QED) is 0.594. The van der Waals surface area contributed by atoms with Gasteiger partial charge in [0.15, 0.2) is 0 Å². The molecule has 0 unspecified atom stereocenters. The second-order valence-corrected chi connectivity index (χ2v) is 4.93. The van der Waals surface area contributed by atoms with Crippen molar-refractivity contribution in [1.82, 2.24) is 0 Å². The molecule has 1 aliphatic heterocycles. The molecule has 66 valence electrons. The first-order valence-corrected chi connectivity index (χ1v) is 5.67. The summed E-state index contributed by atoms with van der Waals surface area (Å²) in [7, 11) is 0. The Hall–Kier alpha value is 0.270. The van der Waals surface area contributed by atoms with E-state index in [1.165, 1.54) is 0 Å². The molecule has 1 fully saturated rings. The van der Waals surface area contributed by atoms with Gasteiger partial charge in [0.25, 0.3) is 0 Å². The van der Waals surface area contributed by atoms with E-state index in [1.807, 2.05) is 13.8 Å². The van der Waals surface area contributed by atoms with Crippen LogP contribution in [0.15, 0.2) is 0 Å². The Bertz CT molecular complexity index is 109. The molecule has 0 spiro atoms. The normalized spacial score (nSPS) is 32.7. The van der Waals surface area contributed by atoms with Crippen LogP contribution in [-0.2, 0) is 15.9 Å². The van der Waals surface area contributed by atoms with Gasteiger partial charge in [-0.1, -0.05) is 11.2 Å². The van der Waals surface area contributed by atoms with Crippen LogP contribution >= 0.6 is 0 Å². The van der Waals surface area contributed by atoms with Crippen molar-refractivity contribution in [2.24, 2.45) is 0 Å². The van der Waals surface area contributed by atoms with Gasteiger partial charge < -0.3 is 9.29 Å². The molecule has 0 atom stereocenters. The highest BCUT2D eigenvalue weighted by molar-refractivity contribution is 7.91. The summed E-state index contributed by atoms with van der Waals surface area (Å²) >= 11 is -0.556. The Morgan fingerprint density at radius 3 is 2.36 bits per heavy atom. The minimum absolute atomic E-state index is 0.312. The minimum Gasteiger partial charge on any atom is -0.616 e. The Labute approximate surface area is 71.5 Å². The first-order chi connectivity index (χ1) is 5.18. The summed E-state index contributed by atoms with van der Waals surface area (Å²) in [5, 5.41) is 0. The van der Waals surface area contributed by atoms with Crippen molar-refractivity contribution in [3.63, 3.8) is 0 Å². The summed E-state index contributed by atoms with van der Waals surface area (Å²) in [6.45, 7) is 4.09. The molecule has 0 radical (unpaired) electrons. The highest BCUT2D eigenvalue weighted by Crippen LogP contribution is 2.16. The summed E-state index contributed by atoms with van der Waals surface area (Å²) < 4.78 is 16.6. The van der Waals surface area contributed by atoms with Crippen LogP contribution < -0.4 is 0 Å². The minimum atomic E-state index is -0.556. The summed E-state index contributed by atoms with van der Waals surface area (Å²) in [5.74, 6) is 1.66. The summed E-state index contributed by atoms with van der Waals surface area (Å²) in [6, 6.07) is 0. The second kappa shape index (κ2) is 4.33. The average Bonchev–Trinajstić information content (AvgIpc) is 1.93. The second-order valence-electron chi connectivity index (χ2n) is 3.23. The summed E-state index contributed by atoms with van der Waals surface area (Å²) in [6.07, 6.45) is 2.63. The van der Waals surface area contributed by atoms with E-state index < -0.39 is 11.2 Å². The molecule has 0 amide bonds. The van der Waals surface area contributed by atoms with Crippen molar-refractivity contribution in [3.8, 4) is 0 Å². The average molecular weight is 176 g/mol. The van der Waals surface area contributed by atoms with E-state index in [4.69, 9.17) is 4.74 Å².